The highest BCUT2D eigenvalue weighted by Gasteiger charge is 2.15. The summed E-state index contributed by atoms with van der Waals surface area (Å²) in [6, 6.07) is 4.19. The quantitative estimate of drug-likeness (QED) is 0.607. The van der Waals surface area contributed by atoms with Crippen LogP contribution in [0, 0.1) is 0 Å². The summed E-state index contributed by atoms with van der Waals surface area (Å²) in [6.45, 7) is 4.16. The Bertz CT molecular complexity index is 478. The smallest absolute Gasteiger partial charge is 0.138 e. The van der Waals surface area contributed by atoms with Crippen LogP contribution in [0.15, 0.2) is 30.9 Å². The zero-order chi connectivity index (χ0) is 13.0. The second-order valence-corrected chi connectivity index (χ2v) is 4.42. The number of pyridine rings is 1. The lowest BCUT2D eigenvalue weighted by molar-refractivity contribution is 0.468. The maximum absolute atomic E-state index is 5.62. The number of nitrogens with zero attached hydrogens (tertiary/aromatic N) is 4. The summed E-state index contributed by atoms with van der Waals surface area (Å²) in [5, 5.41) is 4.22. The number of nitrogens with one attached hydrogen (secondary N) is 1. The van der Waals surface area contributed by atoms with Gasteiger partial charge in [0.1, 0.15) is 12.2 Å². The van der Waals surface area contributed by atoms with Crippen molar-refractivity contribution in [1.29, 1.82) is 0 Å². The highest BCUT2D eigenvalue weighted by Crippen LogP contribution is 2.17. The van der Waals surface area contributed by atoms with Crippen LogP contribution in [-0.4, -0.2) is 19.7 Å². The van der Waals surface area contributed by atoms with E-state index < -0.39 is 0 Å². The Morgan fingerprint density at radius 3 is 2.67 bits per heavy atom. The summed E-state index contributed by atoms with van der Waals surface area (Å²) >= 11 is 0. The van der Waals surface area contributed by atoms with Crippen molar-refractivity contribution in [1.82, 2.24) is 25.2 Å². The molecule has 2 aromatic rings. The van der Waals surface area contributed by atoms with Gasteiger partial charge in [-0.15, -0.1) is 0 Å². The van der Waals surface area contributed by atoms with Gasteiger partial charge in [0.15, 0.2) is 0 Å². The van der Waals surface area contributed by atoms with Gasteiger partial charge in [-0.3, -0.25) is 16.3 Å². The molecule has 0 aliphatic rings. The third kappa shape index (κ3) is 2.72. The molecule has 18 heavy (non-hydrogen) atoms. The number of hydrazine groups is 1. The van der Waals surface area contributed by atoms with Crippen molar-refractivity contribution in [2.75, 3.05) is 0 Å². The van der Waals surface area contributed by atoms with E-state index in [0.29, 0.717) is 12.5 Å². The lowest BCUT2D eigenvalue weighted by Crippen LogP contribution is -2.30. The molecular formula is C12H18N6. The normalized spacial score (nSPS) is 12.9. The highest BCUT2D eigenvalue weighted by atomic mass is 15.3. The van der Waals surface area contributed by atoms with E-state index >= 15 is 0 Å². The molecule has 0 amide bonds. The van der Waals surface area contributed by atoms with Crippen LogP contribution in [-0.2, 0) is 6.42 Å². The van der Waals surface area contributed by atoms with Crippen molar-refractivity contribution in [3.8, 4) is 0 Å². The third-order valence-electron chi connectivity index (χ3n) is 2.83. The molecule has 0 fully saturated rings. The van der Waals surface area contributed by atoms with E-state index in [0.717, 1.165) is 11.4 Å². The molecule has 2 rings (SSSR count). The van der Waals surface area contributed by atoms with E-state index in [1.54, 1.807) is 18.7 Å². The van der Waals surface area contributed by atoms with Gasteiger partial charge in [-0.05, 0) is 31.5 Å². The highest BCUT2D eigenvalue weighted by molar-refractivity contribution is 5.16. The molecule has 0 spiro atoms. The van der Waals surface area contributed by atoms with Crippen molar-refractivity contribution in [3.63, 3.8) is 0 Å². The van der Waals surface area contributed by atoms with Crippen LogP contribution in [0.5, 0.6) is 0 Å². The number of rotatable bonds is 5. The average molecular weight is 246 g/mol. The van der Waals surface area contributed by atoms with Crippen LogP contribution in [0.1, 0.15) is 37.3 Å². The first kappa shape index (κ1) is 12.7. The van der Waals surface area contributed by atoms with Crippen LogP contribution in [0.25, 0.3) is 0 Å². The SMILES string of the molecule is CC(C)n1ncnc1CC(NN)c1ccncc1. The predicted molar refractivity (Wildman–Crippen MR) is 68.4 cm³/mol. The summed E-state index contributed by atoms with van der Waals surface area (Å²) in [4.78, 5) is 8.29. The first-order valence-corrected chi connectivity index (χ1v) is 5.96. The van der Waals surface area contributed by atoms with Gasteiger partial charge in [0.05, 0.1) is 6.04 Å². The molecular weight excluding hydrogens is 228 g/mol. The molecule has 0 saturated carbocycles. The molecule has 96 valence electrons. The van der Waals surface area contributed by atoms with Gasteiger partial charge in [0.25, 0.3) is 0 Å². The first-order valence-electron chi connectivity index (χ1n) is 5.96. The number of hydrogen-bond acceptors (Lipinski definition) is 5. The maximum atomic E-state index is 5.62. The molecule has 1 unspecified atom stereocenters. The average Bonchev–Trinajstić information content (AvgIpc) is 2.85. The van der Waals surface area contributed by atoms with Crippen LogP contribution >= 0.6 is 0 Å². The summed E-state index contributed by atoms with van der Waals surface area (Å²) in [5.41, 5.74) is 3.90. The molecule has 6 heteroatoms. The standard InChI is InChI=1S/C12H18N6/c1-9(2)18-12(15-8-16-18)7-11(17-13)10-3-5-14-6-4-10/h3-6,8-9,11,17H,7,13H2,1-2H3. The van der Waals surface area contributed by atoms with Gasteiger partial charge in [0, 0.05) is 24.9 Å². The minimum absolute atomic E-state index is 0.00898. The molecule has 0 saturated heterocycles. The van der Waals surface area contributed by atoms with Crippen LogP contribution in [0.2, 0.25) is 0 Å². The van der Waals surface area contributed by atoms with Crippen molar-refractivity contribution in [3.05, 3.63) is 42.2 Å². The molecule has 0 bridgehead atoms. The van der Waals surface area contributed by atoms with Crippen molar-refractivity contribution < 1.29 is 0 Å². The summed E-state index contributed by atoms with van der Waals surface area (Å²) in [5.74, 6) is 6.54. The van der Waals surface area contributed by atoms with E-state index in [2.05, 4.69) is 34.3 Å². The van der Waals surface area contributed by atoms with E-state index in [4.69, 9.17) is 5.84 Å². The molecule has 2 heterocycles. The van der Waals surface area contributed by atoms with Gasteiger partial charge in [-0.2, -0.15) is 5.10 Å². The van der Waals surface area contributed by atoms with E-state index in [-0.39, 0.29) is 6.04 Å². The fraction of sp³-hybridized carbons (Fsp3) is 0.417. The van der Waals surface area contributed by atoms with Gasteiger partial charge in [0.2, 0.25) is 0 Å². The van der Waals surface area contributed by atoms with E-state index in [1.165, 1.54) is 0 Å². The Balaban J connectivity index is 2.18. The van der Waals surface area contributed by atoms with Crippen LogP contribution in [0.4, 0.5) is 0 Å². The molecule has 1 atom stereocenters. The summed E-state index contributed by atoms with van der Waals surface area (Å²) in [6.07, 6.45) is 5.79. The number of nitrogens with two attached hydrogens (primary N) is 1. The zero-order valence-corrected chi connectivity index (χ0v) is 10.6. The Labute approximate surface area is 106 Å². The first-order chi connectivity index (χ1) is 8.72. The Morgan fingerprint density at radius 2 is 2.06 bits per heavy atom. The van der Waals surface area contributed by atoms with Crippen molar-refractivity contribution >= 4 is 0 Å². The van der Waals surface area contributed by atoms with Crippen LogP contribution in [0.3, 0.4) is 0 Å². The van der Waals surface area contributed by atoms with Crippen LogP contribution < -0.4 is 11.3 Å². The largest absolute Gasteiger partial charge is 0.271 e. The molecule has 6 nitrogen and oxygen atoms in total. The van der Waals surface area contributed by atoms with Gasteiger partial charge < -0.3 is 0 Å². The lowest BCUT2D eigenvalue weighted by atomic mass is 10.1. The summed E-state index contributed by atoms with van der Waals surface area (Å²) in [7, 11) is 0. The Hall–Kier alpha value is -1.79. The monoisotopic (exact) mass is 246 g/mol. The Kier molecular flexibility index (Phi) is 4.01. The molecule has 0 aliphatic carbocycles. The molecule has 3 N–H and O–H groups in total. The Morgan fingerprint density at radius 1 is 1.33 bits per heavy atom. The number of hydrogen-bond donors (Lipinski definition) is 2. The van der Waals surface area contributed by atoms with Crippen molar-refractivity contribution in [2.45, 2.75) is 32.4 Å². The van der Waals surface area contributed by atoms with Gasteiger partial charge in [-0.1, -0.05) is 0 Å². The lowest BCUT2D eigenvalue weighted by Gasteiger charge is -2.17. The topological polar surface area (TPSA) is 81.7 Å². The zero-order valence-electron chi connectivity index (χ0n) is 10.6. The molecule has 0 aliphatic heterocycles. The number of aromatic nitrogens is 4. The fourth-order valence-corrected chi connectivity index (χ4v) is 1.90. The third-order valence-corrected chi connectivity index (χ3v) is 2.83. The summed E-state index contributed by atoms with van der Waals surface area (Å²) < 4.78 is 1.91. The minimum Gasteiger partial charge on any atom is -0.271 e. The van der Waals surface area contributed by atoms with E-state index in [9.17, 15) is 0 Å². The molecule has 0 aromatic carbocycles. The van der Waals surface area contributed by atoms with E-state index in [1.807, 2.05) is 16.8 Å². The molecule has 0 radical (unpaired) electrons. The second-order valence-electron chi connectivity index (χ2n) is 4.42. The second kappa shape index (κ2) is 5.70. The van der Waals surface area contributed by atoms with Gasteiger partial charge >= 0.3 is 0 Å². The van der Waals surface area contributed by atoms with Crippen molar-refractivity contribution in [2.24, 2.45) is 5.84 Å². The fourth-order valence-electron chi connectivity index (χ4n) is 1.90. The minimum atomic E-state index is 0.00898. The van der Waals surface area contributed by atoms with Gasteiger partial charge in [-0.25, -0.2) is 9.67 Å². The predicted octanol–water partition coefficient (Wildman–Crippen LogP) is 1.00. The maximum Gasteiger partial charge on any atom is 0.138 e. The molecule has 2 aromatic heterocycles.